The summed E-state index contributed by atoms with van der Waals surface area (Å²) in [6, 6.07) is 1.64. The van der Waals surface area contributed by atoms with Gasteiger partial charge in [-0.25, -0.2) is 0 Å². The van der Waals surface area contributed by atoms with Crippen LogP contribution in [0.2, 0.25) is 5.02 Å². The fourth-order valence-corrected chi connectivity index (χ4v) is 2.30. The van der Waals surface area contributed by atoms with Crippen LogP contribution in [0.5, 0.6) is 0 Å². The average molecular weight is 262 g/mol. The first-order valence-corrected chi connectivity index (χ1v) is 6.25. The van der Waals surface area contributed by atoms with E-state index in [-0.39, 0.29) is 5.75 Å². The van der Waals surface area contributed by atoms with E-state index in [0.717, 1.165) is 0 Å². The van der Waals surface area contributed by atoms with Crippen LogP contribution in [0.25, 0.3) is 0 Å². The second kappa shape index (κ2) is 4.93. The van der Waals surface area contributed by atoms with Crippen molar-refractivity contribution in [1.29, 1.82) is 0 Å². The molecule has 1 aromatic heterocycles. The number of hydrogen-bond acceptors (Lipinski definition) is 3. The molecule has 6 heteroatoms. The van der Waals surface area contributed by atoms with Crippen molar-refractivity contribution in [3.05, 3.63) is 29.0 Å². The summed E-state index contributed by atoms with van der Waals surface area (Å²) in [5.74, 6) is -0.975. The van der Waals surface area contributed by atoms with Gasteiger partial charge in [0.2, 0.25) is 0 Å². The van der Waals surface area contributed by atoms with E-state index in [2.05, 4.69) is 4.98 Å². The van der Waals surface area contributed by atoms with E-state index in [4.69, 9.17) is 16.7 Å². The van der Waals surface area contributed by atoms with Gasteiger partial charge in [-0.05, 0) is 25.5 Å². The standard InChI is InChI=1S/C10H12ClNO3S/c1-10(2,9(13)14)16(15)6-7-3-4-12-5-8(7)11/h3-5H,6H2,1-2H3,(H,13,14). The fourth-order valence-electron chi connectivity index (χ4n) is 0.940. The van der Waals surface area contributed by atoms with Gasteiger partial charge in [0.15, 0.2) is 0 Å². The number of carbonyl (C=O) groups is 1. The Kier molecular flexibility index (Phi) is 4.04. The molecule has 16 heavy (non-hydrogen) atoms. The highest BCUT2D eigenvalue weighted by Crippen LogP contribution is 2.21. The summed E-state index contributed by atoms with van der Waals surface area (Å²) in [5, 5.41) is 9.32. The summed E-state index contributed by atoms with van der Waals surface area (Å²) in [5.41, 5.74) is 0.643. The van der Waals surface area contributed by atoms with Gasteiger partial charge in [-0.3, -0.25) is 14.0 Å². The molecule has 0 aromatic carbocycles. The topological polar surface area (TPSA) is 67.3 Å². The van der Waals surface area contributed by atoms with E-state index in [1.54, 1.807) is 6.07 Å². The van der Waals surface area contributed by atoms with Crippen LogP contribution in [0.15, 0.2) is 18.5 Å². The number of rotatable bonds is 4. The predicted octanol–water partition coefficient (Wildman–Crippen LogP) is 1.85. The Balaban J connectivity index is 2.88. The molecule has 0 saturated heterocycles. The molecule has 1 atom stereocenters. The van der Waals surface area contributed by atoms with Crippen LogP contribution < -0.4 is 0 Å². The summed E-state index contributed by atoms with van der Waals surface area (Å²) >= 11 is 5.85. The minimum absolute atomic E-state index is 0.112. The second-order valence-corrected chi connectivity index (χ2v) is 6.18. The maximum atomic E-state index is 11.9. The van der Waals surface area contributed by atoms with Gasteiger partial charge in [0.25, 0.3) is 0 Å². The van der Waals surface area contributed by atoms with Gasteiger partial charge in [0.1, 0.15) is 4.75 Å². The number of hydrogen-bond donors (Lipinski definition) is 1. The van der Waals surface area contributed by atoms with Crippen molar-refractivity contribution in [3.8, 4) is 0 Å². The second-order valence-electron chi connectivity index (χ2n) is 3.77. The molecule has 1 heterocycles. The van der Waals surface area contributed by atoms with Crippen molar-refractivity contribution in [2.45, 2.75) is 24.3 Å². The Morgan fingerprint density at radius 2 is 2.25 bits per heavy atom. The number of carboxylic acid groups (broad SMARTS) is 1. The SMILES string of the molecule is CC(C)(C(=O)O)S(=O)Cc1ccncc1Cl. The zero-order valence-corrected chi connectivity index (χ0v) is 10.5. The molecule has 0 saturated carbocycles. The van der Waals surface area contributed by atoms with Crippen LogP contribution in [0, 0.1) is 0 Å². The highest BCUT2D eigenvalue weighted by molar-refractivity contribution is 7.86. The number of halogens is 1. The zero-order chi connectivity index (χ0) is 12.3. The van der Waals surface area contributed by atoms with Gasteiger partial charge in [-0.2, -0.15) is 0 Å². The number of aromatic nitrogens is 1. The lowest BCUT2D eigenvalue weighted by Crippen LogP contribution is -2.37. The molecule has 1 unspecified atom stereocenters. The average Bonchev–Trinajstić information content (AvgIpc) is 2.21. The van der Waals surface area contributed by atoms with Crippen LogP contribution in [0.1, 0.15) is 19.4 Å². The van der Waals surface area contributed by atoms with E-state index in [9.17, 15) is 9.00 Å². The molecule has 1 aromatic rings. The van der Waals surface area contributed by atoms with E-state index in [1.807, 2.05) is 0 Å². The lowest BCUT2D eigenvalue weighted by atomic mass is 10.2. The normalized spacial score (nSPS) is 13.4. The molecule has 0 fully saturated rings. The highest BCUT2D eigenvalue weighted by Gasteiger charge is 2.34. The first kappa shape index (κ1) is 13.1. The maximum Gasteiger partial charge on any atom is 0.321 e. The molecule has 0 radical (unpaired) electrons. The van der Waals surface area contributed by atoms with E-state index in [1.165, 1.54) is 26.2 Å². The van der Waals surface area contributed by atoms with Gasteiger partial charge in [-0.15, -0.1) is 0 Å². The molecule has 0 aliphatic rings. The smallest absolute Gasteiger partial charge is 0.321 e. The number of pyridine rings is 1. The summed E-state index contributed by atoms with van der Waals surface area (Å²) in [6.07, 6.45) is 2.98. The molecule has 4 nitrogen and oxygen atoms in total. The molecular formula is C10H12ClNO3S. The van der Waals surface area contributed by atoms with E-state index in [0.29, 0.717) is 10.6 Å². The number of carboxylic acids is 1. The maximum absolute atomic E-state index is 11.9. The first-order valence-electron chi connectivity index (χ1n) is 4.56. The van der Waals surface area contributed by atoms with Gasteiger partial charge in [0, 0.05) is 23.2 Å². The first-order chi connectivity index (χ1) is 7.35. The molecule has 0 bridgehead atoms. The fraction of sp³-hybridized carbons (Fsp3) is 0.400. The van der Waals surface area contributed by atoms with Gasteiger partial charge in [-0.1, -0.05) is 11.6 Å². The monoisotopic (exact) mass is 261 g/mol. The quantitative estimate of drug-likeness (QED) is 0.898. The Morgan fingerprint density at radius 3 is 2.75 bits per heavy atom. The molecule has 0 amide bonds. The largest absolute Gasteiger partial charge is 0.480 e. The van der Waals surface area contributed by atoms with Crippen LogP contribution in [-0.2, 0) is 21.3 Å². The van der Waals surface area contributed by atoms with Crippen LogP contribution in [-0.4, -0.2) is 25.0 Å². The summed E-state index contributed by atoms with van der Waals surface area (Å²) in [7, 11) is -1.53. The van der Waals surface area contributed by atoms with Crippen molar-refractivity contribution >= 4 is 28.4 Å². The van der Waals surface area contributed by atoms with Crippen molar-refractivity contribution in [1.82, 2.24) is 4.98 Å². The molecule has 0 spiro atoms. The van der Waals surface area contributed by atoms with Gasteiger partial charge < -0.3 is 5.11 Å². The minimum Gasteiger partial charge on any atom is -0.480 e. The summed E-state index contributed by atoms with van der Waals surface area (Å²) < 4.78 is 10.6. The third-order valence-corrected chi connectivity index (χ3v) is 4.45. The zero-order valence-electron chi connectivity index (χ0n) is 8.94. The van der Waals surface area contributed by atoms with E-state index < -0.39 is 21.5 Å². The molecule has 0 aliphatic heterocycles. The molecule has 88 valence electrons. The van der Waals surface area contributed by atoms with Crippen LogP contribution in [0.4, 0.5) is 0 Å². The third-order valence-electron chi connectivity index (χ3n) is 2.23. The molecule has 1 rings (SSSR count). The Bertz CT molecular complexity index is 434. The lowest BCUT2D eigenvalue weighted by Gasteiger charge is -2.18. The van der Waals surface area contributed by atoms with Gasteiger partial charge >= 0.3 is 5.97 Å². The summed E-state index contributed by atoms with van der Waals surface area (Å²) in [4.78, 5) is 14.7. The third kappa shape index (κ3) is 2.80. The van der Waals surface area contributed by atoms with Crippen molar-refractivity contribution in [2.24, 2.45) is 0 Å². The minimum atomic E-state index is -1.53. The Morgan fingerprint density at radius 1 is 1.62 bits per heavy atom. The number of aliphatic carboxylic acids is 1. The molecule has 1 N–H and O–H groups in total. The Hall–Kier alpha value is -0.940. The van der Waals surface area contributed by atoms with Crippen molar-refractivity contribution < 1.29 is 14.1 Å². The molecular weight excluding hydrogens is 250 g/mol. The van der Waals surface area contributed by atoms with Crippen molar-refractivity contribution in [3.63, 3.8) is 0 Å². The van der Waals surface area contributed by atoms with Crippen molar-refractivity contribution in [2.75, 3.05) is 0 Å². The summed E-state index contributed by atoms with van der Waals surface area (Å²) in [6.45, 7) is 2.86. The molecule has 0 aliphatic carbocycles. The van der Waals surface area contributed by atoms with Crippen LogP contribution in [0.3, 0.4) is 0 Å². The lowest BCUT2D eigenvalue weighted by molar-refractivity contribution is -0.139. The van der Waals surface area contributed by atoms with E-state index >= 15 is 0 Å². The predicted molar refractivity (Wildman–Crippen MR) is 62.8 cm³/mol. The van der Waals surface area contributed by atoms with Crippen LogP contribution >= 0.6 is 11.6 Å². The Labute approximate surface area is 101 Å². The number of nitrogens with zero attached hydrogens (tertiary/aromatic N) is 1. The highest BCUT2D eigenvalue weighted by atomic mass is 35.5. The van der Waals surface area contributed by atoms with Gasteiger partial charge in [0.05, 0.1) is 10.8 Å².